The van der Waals surface area contributed by atoms with E-state index in [0.29, 0.717) is 13.1 Å². The average Bonchev–Trinajstić information content (AvgIpc) is 2.25. The van der Waals surface area contributed by atoms with Crippen molar-refractivity contribution in [3.63, 3.8) is 0 Å². The van der Waals surface area contributed by atoms with Crippen LogP contribution < -0.4 is 16.6 Å². The Labute approximate surface area is 86.2 Å². The van der Waals surface area contributed by atoms with Crippen molar-refractivity contribution >= 4 is 5.91 Å². The van der Waals surface area contributed by atoms with Crippen LogP contribution in [0.25, 0.3) is 0 Å². The summed E-state index contributed by atoms with van der Waals surface area (Å²) in [5.74, 6) is -0.340. The highest BCUT2D eigenvalue weighted by molar-refractivity contribution is 5.92. The Kier molecular flexibility index (Phi) is 4.24. The third kappa shape index (κ3) is 3.74. The van der Waals surface area contributed by atoms with E-state index in [1.54, 1.807) is 12.2 Å². The first-order chi connectivity index (χ1) is 7.24. The van der Waals surface area contributed by atoms with Crippen molar-refractivity contribution in [1.29, 1.82) is 0 Å². The zero-order chi connectivity index (χ0) is 11.1. The van der Waals surface area contributed by atoms with Crippen molar-refractivity contribution in [1.82, 2.24) is 15.5 Å². The maximum atomic E-state index is 11.4. The molecule has 0 saturated carbocycles. The van der Waals surface area contributed by atoms with Gasteiger partial charge in [0.05, 0.1) is 0 Å². The van der Waals surface area contributed by atoms with Gasteiger partial charge in [0, 0.05) is 19.2 Å². The normalized spacial score (nSPS) is 10.5. The summed E-state index contributed by atoms with van der Waals surface area (Å²) in [5.41, 5.74) is 5.06. The van der Waals surface area contributed by atoms with Gasteiger partial charge < -0.3 is 11.1 Å². The number of carbonyl (C=O) groups is 1. The van der Waals surface area contributed by atoms with Crippen LogP contribution in [0.5, 0.6) is 0 Å². The molecule has 6 nitrogen and oxygen atoms in total. The number of hydrogen-bond acceptors (Lipinski definition) is 4. The van der Waals surface area contributed by atoms with Crippen molar-refractivity contribution in [3.05, 3.63) is 40.3 Å². The minimum atomic E-state index is -0.340. The Hall–Kier alpha value is -1.95. The van der Waals surface area contributed by atoms with Crippen LogP contribution in [0.15, 0.2) is 29.1 Å². The molecular formula is C9H12N4O2. The number of carbonyl (C=O) groups excluding carboxylic acids is 1. The van der Waals surface area contributed by atoms with E-state index in [1.807, 2.05) is 0 Å². The first kappa shape index (κ1) is 11.1. The molecule has 1 aromatic heterocycles. The lowest BCUT2D eigenvalue weighted by Crippen LogP contribution is -2.25. The molecule has 6 heteroatoms. The zero-order valence-electron chi connectivity index (χ0n) is 8.06. The molecule has 1 aromatic rings. The molecule has 0 aliphatic rings. The van der Waals surface area contributed by atoms with Crippen LogP contribution in [0.2, 0.25) is 0 Å². The number of H-pyrrole nitrogens is 1. The molecule has 1 rings (SSSR count). The number of nitrogens with one attached hydrogen (secondary N) is 2. The molecule has 0 aliphatic carbocycles. The number of aromatic amines is 1. The van der Waals surface area contributed by atoms with E-state index in [4.69, 9.17) is 5.73 Å². The summed E-state index contributed by atoms with van der Waals surface area (Å²) in [5, 5.41) is 8.34. The topological polar surface area (TPSA) is 101 Å². The highest BCUT2D eigenvalue weighted by atomic mass is 16.2. The van der Waals surface area contributed by atoms with Crippen LogP contribution >= 0.6 is 0 Å². The SMILES string of the molecule is NC/C=C/CNC(=O)c1ccc(=O)[nH]n1. The van der Waals surface area contributed by atoms with Gasteiger partial charge in [-0.05, 0) is 6.07 Å². The molecule has 0 unspecified atom stereocenters. The highest BCUT2D eigenvalue weighted by Crippen LogP contribution is 1.87. The molecule has 0 aromatic carbocycles. The molecule has 80 valence electrons. The molecule has 0 radical (unpaired) electrons. The third-order valence-electron chi connectivity index (χ3n) is 1.59. The van der Waals surface area contributed by atoms with Gasteiger partial charge in [-0.15, -0.1) is 0 Å². The van der Waals surface area contributed by atoms with Crippen LogP contribution in [-0.4, -0.2) is 29.2 Å². The summed E-state index contributed by atoms with van der Waals surface area (Å²) >= 11 is 0. The molecule has 4 N–H and O–H groups in total. The second-order valence-corrected chi connectivity index (χ2v) is 2.72. The quantitative estimate of drug-likeness (QED) is 0.553. The monoisotopic (exact) mass is 208 g/mol. The van der Waals surface area contributed by atoms with E-state index >= 15 is 0 Å². The van der Waals surface area contributed by atoms with Gasteiger partial charge in [0.25, 0.3) is 11.5 Å². The maximum absolute atomic E-state index is 11.4. The van der Waals surface area contributed by atoms with E-state index in [-0.39, 0.29) is 17.2 Å². The number of hydrogen-bond donors (Lipinski definition) is 3. The number of nitrogens with two attached hydrogens (primary N) is 1. The molecule has 1 heterocycles. The predicted molar refractivity (Wildman–Crippen MR) is 55.4 cm³/mol. The standard InChI is InChI=1S/C9H12N4O2/c10-5-1-2-6-11-9(15)7-3-4-8(14)13-12-7/h1-4H,5-6,10H2,(H,11,15)(H,13,14)/b2-1+. The molecule has 0 fully saturated rings. The van der Waals surface area contributed by atoms with Crippen molar-refractivity contribution in [3.8, 4) is 0 Å². The smallest absolute Gasteiger partial charge is 0.271 e. The lowest BCUT2D eigenvalue weighted by molar-refractivity contribution is 0.0952. The van der Waals surface area contributed by atoms with E-state index < -0.39 is 0 Å². The van der Waals surface area contributed by atoms with Gasteiger partial charge >= 0.3 is 0 Å². The Morgan fingerprint density at radius 2 is 2.33 bits per heavy atom. The molecule has 0 aliphatic heterocycles. The third-order valence-corrected chi connectivity index (χ3v) is 1.59. The van der Waals surface area contributed by atoms with Crippen LogP contribution in [0.3, 0.4) is 0 Å². The predicted octanol–water partition coefficient (Wildman–Crippen LogP) is -0.985. The molecule has 1 amide bonds. The minimum absolute atomic E-state index is 0.177. The van der Waals surface area contributed by atoms with Crippen molar-refractivity contribution in [2.24, 2.45) is 5.73 Å². The second kappa shape index (κ2) is 5.71. The highest BCUT2D eigenvalue weighted by Gasteiger charge is 2.04. The molecule has 15 heavy (non-hydrogen) atoms. The number of nitrogens with zero attached hydrogens (tertiary/aromatic N) is 1. The van der Waals surface area contributed by atoms with E-state index in [1.165, 1.54) is 12.1 Å². The first-order valence-electron chi connectivity index (χ1n) is 4.43. The van der Waals surface area contributed by atoms with Gasteiger partial charge in [-0.3, -0.25) is 9.59 Å². The van der Waals surface area contributed by atoms with Crippen molar-refractivity contribution < 1.29 is 4.79 Å². The van der Waals surface area contributed by atoms with E-state index in [9.17, 15) is 9.59 Å². The maximum Gasteiger partial charge on any atom is 0.271 e. The summed E-state index contributed by atoms with van der Waals surface area (Å²) in [6, 6.07) is 2.61. The fraction of sp³-hybridized carbons (Fsp3) is 0.222. The summed E-state index contributed by atoms with van der Waals surface area (Å²) in [6.07, 6.45) is 3.48. The van der Waals surface area contributed by atoms with E-state index in [0.717, 1.165) is 0 Å². The molecule has 0 atom stereocenters. The Morgan fingerprint density at radius 3 is 2.93 bits per heavy atom. The van der Waals surface area contributed by atoms with E-state index in [2.05, 4.69) is 15.5 Å². The van der Waals surface area contributed by atoms with Crippen LogP contribution in [-0.2, 0) is 0 Å². The molecule has 0 bridgehead atoms. The summed E-state index contributed by atoms with van der Waals surface area (Å²) < 4.78 is 0. The lowest BCUT2D eigenvalue weighted by atomic mass is 10.3. The second-order valence-electron chi connectivity index (χ2n) is 2.72. The fourth-order valence-electron chi connectivity index (χ4n) is 0.893. The van der Waals surface area contributed by atoms with Crippen LogP contribution in [0, 0.1) is 0 Å². The minimum Gasteiger partial charge on any atom is -0.347 e. The Bertz CT molecular complexity index is 390. The van der Waals surface area contributed by atoms with Crippen molar-refractivity contribution in [2.75, 3.05) is 13.1 Å². The van der Waals surface area contributed by atoms with Crippen molar-refractivity contribution in [2.45, 2.75) is 0 Å². The molecule has 0 saturated heterocycles. The summed E-state index contributed by atoms with van der Waals surface area (Å²) in [6.45, 7) is 0.823. The lowest BCUT2D eigenvalue weighted by Gasteiger charge is -1.99. The fourth-order valence-corrected chi connectivity index (χ4v) is 0.893. The average molecular weight is 208 g/mol. The largest absolute Gasteiger partial charge is 0.347 e. The molecule has 0 spiro atoms. The Morgan fingerprint density at radius 1 is 1.53 bits per heavy atom. The van der Waals surface area contributed by atoms with Gasteiger partial charge in [-0.1, -0.05) is 12.2 Å². The van der Waals surface area contributed by atoms with Gasteiger partial charge in [-0.25, -0.2) is 5.10 Å². The number of aromatic nitrogens is 2. The van der Waals surface area contributed by atoms with Crippen LogP contribution in [0.1, 0.15) is 10.5 Å². The number of amides is 1. The summed E-state index contributed by atoms with van der Waals surface area (Å²) in [7, 11) is 0. The van der Waals surface area contributed by atoms with Gasteiger partial charge in [0.15, 0.2) is 0 Å². The molecular weight excluding hydrogens is 196 g/mol. The summed E-state index contributed by atoms with van der Waals surface area (Å²) in [4.78, 5) is 22.0. The first-order valence-corrected chi connectivity index (χ1v) is 4.43. The zero-order valence-corrected chi connectivity index (χ0v) is 8.06. The van der Waals surface area contributed by atoms with Gasteiger partial charge in [0.2, 0.25) is 0 Å². The Balaban J connectivity index is 2.50. The number of rotatable bonds is 4. The van der Waals surface area contributed by atoms with Gasteiger partial charge in [0.1, 0.15) is 5.69 Å². The van der Waals surface area contributed by atoms with Gasteiger partial charge in [-0.2, -0.15) is 5.10 Å². The van der Waals surface area contributed by atoms with Crippen LogP contribution in [0.4, 0.5) is 0 Å².